The zero-order valence-electron chi connectivity index (χ0n) is 11.1. The highest BCUT2D eigenvalue weighted by molar-refractivity contribution is 7.19. The Bertz CT molecular complexity index is 768. The Morgan fingerprint density at radius 2 is 2.10 bits per heavy atom. The molecule has 0 fully saturated rings. The molecule has 0 saturated heterocycles. The van der Waals surface area contributed by atoms with E-state index in [1.165, 1.54) is 0 Å². The average molecular weight is 316 g/mol. The summed E-state index contributed by atoms with van der Waals surface area (Å²) in [6, 6.07) is 1.79. The van der Waals surface area contributed by atoms with E-state index in [1.807, 2.05) is 0 Å². The molecule has 0 saturated carbocycles. The van der Waals surface area contributed by atoms with E-state index in [1.54, 1.807) is 6.07 Å². The van der Waals surface area contributed by atoms with E-state index in [9.17, 15) is 13.2 Å². The van der Waals surface area contributed by atoms with Gasteiger partial charge < -0.3 is 0 Å². The Balaban J connectivity index is 1.98. The van der Waals surface area contributed by atoms with Crippen molar-refractivity contribution in [2.75, 3.05) is 0 Å². The first-order chi connectivity index (χ1) is 9.84. The van der Waals surface area contributed by atoms with Crippen molar-refractivity contribution in [3.63, 3.8) is 0 Å². The summed E-state index contributed by atoms with van der Waals surface area (Å²) in [5.74, 6) is -0.675. The molecule has 0 aliphatic carbocycles. The van der Waals surface area contributed by atoms with Crippen LogP contribution < -0.4 is 0 Å². The van der Waals surface area contributed by atoms with Crippen LogP contribution in [0.5, 0.6) is 0 Å². The second-order valence-corrected chi connectivity index (χ2v) is 5.96. The monoisotopic (exact) mass is 316 g/mol. The molecule has 3 aromatic rings. The topological polar surface area (TPSA) is 71.8 Å². The van der Waals surface area contributed by atoms with E-state index in [4.69, 9.17) is 0 Å². The van der Waals surface area contributed by atoms with Crippen LogP contribution in [-0.2, 0) is 12.6 Å². The molecule has 21 heavy (non-hydrogen) atoms. The van der Waals surface area contributed by atoms with Gasteiger partial charge in [-0.3, -0.25) is 5.10 Å². The molecule has 3 aromatic heterocycles. The number of alkyl halides is 3. The van der Waals surface area contributed by atoms with E-state index in [0.717, 1.165) is 23.5 Å². The first kappa shape index (κ1) is 14.0. The maximum Gasteiger partial charge on any atom is 0.453 e. The number of nitrogens with one attached hydrogen (secondary N) is 1. The van der Waals surface area contributed by atoms with Gasteiger partial charge in [0.1, 0.15) is 5.69 Å². The fraction of sp³-hybridized carbons (Fsp3) is 0.455. The number of H-pyrrole nitrogens is 1. The van der Waals surface area contributed by atoms with Gasteiger partial charge in [0.05, 0.1) is 0 Å². The van der Waals surface area contributed by atoms with E-state index in [2.05, 4.69) is 39.3 Å². The number of rotatable bonds is 3. The number of hydrogen-bond acceptors (Lipinski definition) is 5. The predicted molar refractivity (Wildman–Crippen MR) is 69.8 cm³/mol. The Hall–Kier alpha value is -1.97. The third-order valence-corrected chi connectivity index (χ3v) is 3.64. The maximum absolute atomic E-state index is 12.7. The smallest absolute Gasteiger partial charge is 0.282 e. The molecule has 0 aromatic carbocycles. The highest BCUT2D eigenvalue weighted by Crippen LogP contribution is 2.31. The van der Waals surface area contributed by atoms with E-state index >= 15 is 0 Å². The molecular formula is C11H11F3N6S. The molecule has 3 rings (SSSR count). The van der Waals surface area contributed by atoms with Gasteiger partial charge in [-0.15, -0.1) is 10.2 Å². The molecule has 0 unspecified atom stereocenters. The molecular weight excluding hydrogens is 305 g/mol. The Morgan fingerprint density at radius 1 is 1.33 bits per heavy atom. The van der Waals surface area contributed by atoms with Crippen LogP contribution in [0.1, 0.15) is 25.4 Å². The van der Waals surface area contributed by atoms with Gasteiger partial charge >= 0.3 is 6.18 Å². The molecule has 0 aliphatic rings. The Kier molecular flexibility index (Phi) is 3.19. The molecule has 0 amide bonds. The highest BCUT2D eigenvalue weighted by atomic mass is 32.1. The van der Waals surface area contributed by atoms with Gasteiger partial charge in [0.15, 0.2) is 5.01 Å². The lowest BCUT2D eigenvalue weighted by molar-refractivity contribution is -0.146. The van der Waals surface area contributed by atoms with Gasteiger partial charge in [-0.1, -0.05) is 25.2 Å². The van der Waals surface area contributed by atoms with Crippen LogP contribution in [0.15, 0.2) is 6.07 Å². The van der Waals surface area contributed by atoms with Crippen molar-refractivity contribution in [1.29, 1.82) is 0 Å². The van der Waals surface area contributed by atoms with Crippen molar-refractivity contribution >= 4 is 16.3 Å². The minimum Gasteiger partial charge on any atom is -0.282 e. The summed E-state index contributed by atoms with van der Waals surface area (Å²) in [4.78, 5) is 0.0886. The molecule has 0 spiro atoms. The molecule has 1 N–H and O–H groups in total. The molecule has 10 heteroatoms. The minimum absolute atomic E-state index is 0.0886. The van der Waals surface area contributed by atoms with Gasteiger partial charge in [-0.05, 0) is 18.4 Å². The van der Waals surface area contributed by atoms with Crippen molar-refractivity contribution < 1.29 is 13.2 Å². The van der Waals surface area contributed by atoms with Crippen LogP contribution in [0.25, 0.3) is 15.7 Å². The maximum atomic E-state index is 12.7. The zero-order chi connectivity index (χ0) is 15.2. The summed E-state index contributed by atoms with van der Waals surface area (Å²) in [6.45, 7) is 4.14. The molecule has 112 valence electrons. The Labute approximate surface area is 121 Å². The van der Waals surface area contributed by atoms with Crippen LogP contribution in [0.2, 0.25) is 0 Å². The van der Waals surface area contributed by atoms with Crippen molar-refractivity contribution in [2.24, 2.45) is 5.92 Å². The second kappa shape index (κ2) is 4.79. The summed E-state index contributed by atoms with van der Waals surface area (Å²) in [5.41, 5.74) is 1.43. The summed E-state index contributed by atoms with van der Waals surface area (Å²) in [5, 5.41) is 17.8. The van der Waals surface area contributed by atoms with Crippen LogP contribution >= 0.6 is 11.3 Å². The third-order valence-electron chi connectivity index (χ3n) is 2.72. The largest absolute Gasteiger partial charge is 0.453 e. The molecule has 0 aliphatic heterocycles. The van der Waals surface area contributed by atoms with Crippen LogP contribution in [0.4, 0.5) is 13.2 Å². The lowest BCUT2D eigenvalue weighted by atomic mass is 10.1. The standard InChI is InChI=1S/C11H11F3N6S/c1-5(2)3-6-4-7(16-15-6)8-19-20-9(11(12,13)14)17-18-10(20)21-8/h4-5H,3H2,1-2H3,(H,15,16). The van der Waals surface area contributed by atoms with Crippen molar-refractivity contribution in [3.8, 4) is 10.7 Å². The quantitative estimate of drug-likeness (QED) is 0.806. The SMILES string of the molecule is CC(C)Cc1cc(-c2nn3c(C(F)(F)F)nnc3s2)n[nH]1. The zero-order valence-corrected chi connectivity index (χ0v) is 12.0. The van der Waals surface area contributed by atoms with Gasteiger partial charge in [-0.25, -0.2) is 0 Å². The van der Waals surface area contributed by atoms with E-state index in [-0.39, 0.29) is 4.96 Å². The third kappa shape index (κ3) is 2.62. The van der Waals surface area contributed by atoms with Gasteiger partial charge in [0.2, 0.25) is 4.96 Å². The normalized spacial score (nSPS) is 12.7. The summed E-state index contributed by atoms with van der Waals surface area (Å²) >= 11 is 1.02. The summed E-state index contributed by atoms with van der Waals surface area (Å²) in [6.07, 6.45) is -3.77. The lowest BCUT2D eigenvalue weighted by Crippen LogP contribution is -2.11. The lowest BCUT2D eigenvalue weighted by Gasteiger charge is -1.99. The molecule has 6 nitrogen and oxygen atoms in total. The number of aromatic nitrogens is 6. The first-order valence-corrected chi connectivity index (χ1v) is 7.00. The summed E-state index contributed by atoms with van der Waals surface area (Å²) < 4.78 is 38.9. The fourth-order valence-corrected chi connectivity index (χ4v) is 2.71. The first-order valence-electron chi connectivity index (χ1n) is 6.18. The summed E-state index contributed by atoms with van der Waals surface area (Å²) in [7, 11) is 0. The van der Waals surface area contributed by atoms with E-state index in [0.29, 0.717) is 21.1 Å². The number of hydrogen-bond donors (Lipinski definition) is 1. The molecule has 3 heterocycles. The second-order valence-electron chi connectivity index (χ2n) is 5.00. The van der Waals surface area contributed by atoms with E-state index < -0.39 is 12.0 Å². The number of aromatic amines is 1. The van der Waals surface area contributed by atoms with Gasteiger partial charge in [-0.2, -0.15) is 27.9 Å². The molecule has 0 atom stereocenters. The van der Waals surface area contributed by atoms with Crippen molar-refractivity contribution in [2.45, 2.75) is 26.4 Å². The molecule has 0 bridgehead atoms. The van der Waals surface area contributed by atoms with Crippen molar-refractivity contribution in [1.82, 2.24) is 30.0 Å². The average Bonchev–Trinajstić information content (AvgIpc) is 2.97. The van der Waals surface area contributed by atoms with Crippen LogP contribution in [0.3, 0.4) is 0 Å². The predicted octanol–water partition coefficient (Wildman–Crippen LogP) is 2.79. The molecule has 0 radical (unpaired) electrons. The highest BCUT2D eigenvalue weighted by Gasteiger charge is 2.38. The fourth-order valence-electron chi connectivity index (χ4n) is 1.91. The Morgan fingerprint density at radius 3 is 2.76 bits per heavy atom. The van der Waals surface area contributed by atoms with Crippen LogP contribution in [0, 0.1) is 5.92 Å². The number of nitrogens with zero attached hydrogens (tertiary/aromatic N) is 5. The van der Waals surface area contributed by atoms with Crippen molar-refractivity contribution in [3.05, 3.63) is 17.6 Å². The number of fused-ring (bicyclic) bond motifs is 1. The van der Waals surface area contributed by atoms with Crippen LogP contribution in [-0.4, -0.2) is 30.0 Å². The van der Waals surface area contributed by atoms with Gasteiger partial charge in [0.25, 0.3) is 5.82 Å². The minimum atomic E-state index is -4.58. The number of halogens is 3. The van der Waals surface area contributed by atoms with Gasteiger partial charge in [0, 0.05) is 5.69 Å².